The lowest BCUT2D eigenvalue weighted by molar-refractivity contribution is -0.654. The number of piperidine rings is 2. The highest BCUT2D eigenvalue weighted by Crippen LogP contribution is 2.33. The Kier molecular flexibility index (Phi) is 6.20. The number of aryl methyl sites for hydroxylation is 1. The summed E-state index contributed by atoms with van der Waals surface area (Å²) >= 11 is 1.85. The minimum Gasteiger partial charge on any atom is -0.326 e. The lowest BCUT2D eigenvalue weighted by Gasteiger charge is -2.42. The summed E-state index contributed by atoms with van der Waals surface area (Å²) in [6.45, 7) is 7.50. The predicted octanol–water partition coefficient (Wildman–Crippen LogP) is 4.04. The summed E-state index contributed by atoms with van der Waals surface area (Å²) in [4.78, 5) is 17.9. The number of thiazole rings is 1. The summed E-state index contributed by atoms with van der Waals surface area (Å²) < 4.78 is 2.26. The predicted molar refractivity (Wildman–Crippen MR) is 120 cm³/mol. The van der Waals surface area contributed by atoms with Crippen molar-refractivity contribution in [2.24, 2.45) is 7.05 Å². The van der Waals surface area contributed by atoms with E-state index in [1.54, 1.807) is 6.92 Å². The highest BCUT2D eigenvalue weighted by atomic mass is 32.1. The number of hydrogen-bond donors (Lipinski definition) is 1. The Bertz CT molecular complexity index is 856. The first-order chi connectivity index (χ1) is 14.0. The van der Waals surface area contributed by atoms with Crippen molar-refractivity contribution in [3.05, 3.63) is 30.5 Å². The molecule has 2 aliphatic rings. The van der Waals surface area contributed by atoms with Crippen molar-refractivity contribution in [3.63, 3.8) is 0 Å². The molecule has 1 aromatic heterocycles. The second-order valence-corrected chi connectivity index (χ2v) is 9.56. The van der Waals surface area contributed by atoms with Crippen molar-refractivity contribution < 1.29 is 9.36 Å². The molecule has 5 nitrogen and oxygen atoms in total. The molecular formula is C23H33N4OS+. The number of hydrogen-bond acceptors (Lipinski definition) is 4. The third-order valence-corrected chi connectivity index (χ3v) is 7.63. The molecule has 2 aliphatic heterocycles. The van der Waals surface area contributed by atoms with Gasteiger partial charge in [-0.15, -0.1) is 0 Å². The number of amides is 1. The summed E-state index contributed by atoms with van der Waals surface area (Å²) in [6.07, 6.45) is 8.86. The molecule has 0 aliphatic carbocycles. The Morgan fingerprint density at radius 3 is 2.69 bits per heavy atom. The summed E-state index contributed by atoms with van der Waals surface area (Å²) in [5.41, 5.74) is 2.00. The molecule has 156 valence electrons. The fourth-order valence-electron chi connectivity index (χ4n) is 4.85. The van der Waals surface area contributed by atoms with Crippen LogP contribution in [0.25, 0.3) is 10.4 Å². The van der Waals surface area contributed by atoms with Crippen LogP contribution in [0.2, 0.25) is 0 Å². The van der Waals surface area contributed by atoms with Gasteiger partial charge in [-0.2, -0.15) is 0 Å². The van der Waals surface area contributed by atoms with Crippen LogP contribution < -0.4 is 14.8 Å². The Balaban J connectivity index is 1.44. The molecular weight excluding hydrogens is 380 g/mol. The molecule has 2 fully saturated rings. The number of nitrogens with zero attached hydrogens (tertiary/aromatic N) is 3. The monoisotopic (exact) mass is 413 g/mol. The van der Waals surface area contributed by atoms with Crippen LogP contribution in [0.4, 0.5) is 10.8 Å². The van der Waals surface area contributed by atoms with Crippen molar-refractivity contribution in [2.75, 3.05) is 29.9 Å². The Labute approximate surface area is 178 Å². The maximum Gasteiger partial charge on any atom is 0.336 e. The van der Waals surface area contributed by atoms with Gasteiger partial charge in [0.05, 0.1) is 25.0 Å². The van der Waals surface area contributed by atoms with Crippen LogP contribution in [-0.4, -0.2) is 42.5 Å². The average Bonchev–Trinajstić information content (AvgIpc) is 3.10. The number of likely N-dealkylation sites (tertiary alicyclic amines) is 1. The number of benzene rings is 1. The number of carbonyl (C=O) groups is 1. The Morgan fingerprint density at radius 2 is 1.97 bits per heavy atom. The molecule has 1 N–H and O–H groups in total. The molecule has 0 bridgehead atoms. The van der Waals surface area contributed by atoms with Crippen LogP contribution in [0.5, 0.6) is 0 Å². The quantitative estimate of drug-likeness (QED) is 0.769. The van der Waals surface area contributed by atoms with Gasteiger partial charge in [-0.1, -0.05) is 18.6 Å². The Morgan fingerprint density at radius 1 is 1.17 bits per heavy atom. The van der Waals surface area contributed by atoms with Crippen molar-refractivity contribution in [3.8, 4) is 10.4 Å². The van der Waals surface area contributed by atoms with Crippen molar-refractivity contribution in [1.82, 2.24) is 4.90 Å². The summed E-state index contributed by atoms with van der Waals surface area (Å²) in [5.74, 6) is -0.0366. The zero-order valence-electron chi connectivity index (χ0n) is 17.9. The van der Waals surface area contributed by atoms with Crippen molar-refractivity contribution >= 4 is 28.1 Å². The molecule has 3 heterocycles. The number of carbonyl (C=O) groups excluding carboxylic acids is 1. The summed E-state index contributed by atoms with van der Waals surface area (Å²) in [5, 5.41) is 4.21. The normalized spacial score (nSPS) is 21.3. The molecule has 2 saturated heterocycles. The number of anilines is 2. The maximum absolute atomic E-state index is 11.4. The second kappa shape index (κ2) is 8.84. The fourth-order valence-corrected chi connectivity index (χ4v) is 6.01. The molecule has 4 rings (SSSR count). The van der Waals surface area contributed by atoms with E-state index in [-0.39, 0.29) is 5.91 Å². The SMILES string of the molecule is CC(=O)Nc1cccc(-c2c[n+](C)c(N3CCC(N4CCCCC4C)CC3)s2)c1. The molecule has 0 radical (unpaired) electrons. The van der Waals surface area contributed by atoms with Gasteiger partial charge in [0.2, 0.25) is 5.91 Å². The zero-order valence-corrected chi connectivity index (χ0v) is 18.7. The van der Waals surface area contributed by atoms with Gasteiger partial charge in [-0.3, -0.25) is 14.6 Å². The van der Waals surface area contributed by atoms with E-state index >= 15 is 0 Å². The molecule has 2 aromatic rings. The van der Waals surface area contributed by atoms with E-state index in [1.165, 1.54) is 48.7 Å². The maximum atomic E-state index is 11.4. The summed E-state index contributed by atoms with van der Waals surface area (Å²) in [6, 6.07) is 9.62. The number of aromatic nitrogens is 1. The van der Waals surface area contributed by atoms with E-state index in [9.17, 15) is 4.79 Å². The smallest absolute Gasteiger partial charge is 0.326 e. The minimum absolute atomic E-state index is 0.0366. The van der Waals surface area contributed by atoms with Crippen LogP contribution in [-0.2, 0) is 11.8 Å². The van der Waals surface area contributed by atoms with E-state index in [2.05, 4.69) is 52.0 Å². The van der Waals surface area contributed by atoms with Crippen LogP contribution in [0.1, 0.15) is 46.0 Å². The first-order valence-electron chi connectivity index (χ1n) is 10.9. The number of rotatable bonds is 4. The highest BCUT2D eigenvalue weighted by Gasteiger charge is 2.33. The minimum atomic E-state index is -0.0366. The molecule has 1 aromatic carbocycles. The number of nitrogens with one attached hydrogen (secondary N) is 1. The van der Waals surface area contributed by atoms with Crippen LogP contribution in [0.3, 0.4) is 0 Å². The third-order valence-electron chi connectivity index (χ3n) is 6.34. The van der Waals surface area contributed by atoms with Crippen LogP contribution in [0, 0.1) is 0 Å². The molecule has 29 heavy (non-hydrogen) atoms. The largest absolute Gasteiger partial charge is 0.336 e. The van der Waals surface area contributed by atoms with Gasteiger partial charge < -0.3 is 5.32 Å². The third kappa shape index (κ3) is 4.64. The van der Waals surface area contributed by atoms with Gasteiger partial charge in [0.25, 0.3) is 0 Å². The van der Waals surface area contributed by atoms with Gasteiger partial charge in [-0.25, -0.2) is 4.57 Å². The second-order valence-electron chi connectivity index (χ2n) is 8.55. The van der Waals surface area contributed by atoms with Gasteiger partial charge in [0.15, 0.2) is 0 Å². The molecule has 6 heteroatoms. The van der Waals surface area contributed by atoms with Gasteiger partial charge in [-0.05, 0) is 55.3 Å². The van der Waals surface area contributed by atoms with Crippen molar-refractivity contribution in [1.29, 1.82) is 0 Å². The fraction of sp³-hybridized carbons (Fsp3) is 0.565. The topological polar surface area (TPSA) is 39.5 Å². The Hall–Kier alpha value is -1.92. The molecule has 1 amide bonds. The molecule has 1 atom stereocenters. The molecule has 1 unspecified atom stereocenters. The lowest BCUT2D eigenvalue weighted by Crippen LogP contribution is -2.51. The first-order valence-corrected chi connectivity index (χ1v) is 11.7. The molecule has 0 saturated carbocycles. The standard InChI is InChI=1S/C23H32N4OS/c1-17-7-4-5-12-27(17)21-10-13-26(14-11-21)23-25(3)16-22(29-23)19-8-6-9-20(15-19)24-18(2)28/h6,8-9,15-17,21H,4-5,7,10-14H2,1-3H3/p+1. The van der Waals surface area contributed by atoms with Crippen molar-refractivity contribution in [2.45, 2.75) is 58.0 Å². The summed E-state index contributed by atoms with van der Waals surface area (Å²) in [7, 11) is 2.14. The molecule has 0 spiro atoms. The average molecular weight is 414 g/mol. The van der Waals surface area contributed by atoms with Crippen LogP contribution >= 0.6 is 11.3 Å². The zero-order chi connectivity index (χ0) is 20.4. The van der Waals surface area contributed by atoms with Gasteiger partial charge >= 0.3 is 5.13 Å². The van der Waals surface area contributed by atoms with E-state index in [0.29, 0.717) is 0 Å². The van der Waals surface area contributed by atoms with Crippen LogP contribution in [0.15, 0.2) is 30.5 Å². The van der Waals surface area contributed by atoms with Gasteiger partial charge in [0.1, 0.15) is 6.20 Å². The van der Waals surface area contributed by atoms with E-state index in [0.717, 1.165) is 36.4 Å². The lowest BCUT2D eigenvalue weighted by atomic mass is 9.96. The van der Waals surface area contributed by atoms with Gasteiger partial charge in [0, 0.05) is 37.5 Å². The van der Waals surface area contributed by atoms with E-state index in [4.69, 9.17) is 0 Å². The van der Waals surface area contributed by atoms with E-state index < -0.39 is 0 Å². The van der Waals surface area contributed by atoms with E-state index in [1.807, 2.05) is 23.5 Å². The highest BCUT2D eigenvalue weighted by molar-refractivity contribution is 7.18. The first kappa shape index (κ1) is 20.4.